The average molecular weight is 288 g/mol. The second-order valence-electron chi connectivity index (χ2n) is 5.60. The predicted octanol–water partition coefficient (Wildman–Crippen LogP) is 0.508. The summed E-state index contributed by atoms with van der Waals surface area (Å²) in [6, 6.07) is -0.189. The zero-order valence-electron chi connectivity index (χ0n) is 11.7. The van der Waals surface area contributed by atoms with Crippen molar-refractivity contribution in [2.75, 3.05) is 37.7 Å². The van der Waals surface area contributed by atoms with Gasteiger partial charge in [-0.05, 0) is 39.2 Å². The molecule has 0 saturated carbocycles. The molecule has 6 heteroatoms. The standard InChI is InChI=1S/C13H24N2O3S/c1-12(13(16)15-6-3-2-4-7-15)14-8-5-10-19(17,18)11-9-14/h12H,2-11H2,1H3. The van der Waals surface area contributed by atoms with Crippen LogP contribution in [0.5, 0.6) is 0 Å². The maximum absolute atomic E-state index is 12.4. The number of carbonyl (C=O) groups excluding carboxylic acids is 1. The molecule has 0 aromatic carbocycles. The topological polar surface area (TPSA) is 57.7 Å². The van der Waals surface area contributed by atoms with Crippen LogP contribution < -0.4 is 0 Å². The van der Waals surface area contributed by atoms with Crippen molar-refractivity contribution in [1.29, 1.82) is 0 Å². The Balaban J connectivity index is 1.94. The lowest BCUT2D eigenvalue weighted by atomic mass is 10.1. The van der Waals surface area contributed by atoms with E-state index < -0.39 is 9.84 Å². The summed E-state index contributed by atoms with van der Waals surface area (Å²) < 4.78 is 23.2. The van der Waals surface area contributed by atoms with Gasteiger partial charge in [-0.15, -0.1) is 0 Å². The Morgan fingerprint density at radius 1 is 0.947 bits per heavy atom. The molecule has 1 unspecified atom stereocenters. The van der Waals surface area contributed by atoms with E-state index >= 15 is 0 Å². The van der Waals surface area contributed by atoms with Crippen LogP contribution in [-0.2, 0) is 14.6 Å². The number of rotatable bonds is 2. The molecule has 0 aliphatic carbocycles. The molecule has 2 saturated heterocycles. The third-order valence-electron chi connectivity index (χ3n) is 4.16. The van der Waals surface area contributed by atoms with Crippen LogP contribution >= 0.6 is 0 Å². The first-order valence-electron chi connectivity index (χ1n) is 7.23. The van der Waals surface area contributed by atoms with Crippen LogP contribution in [0.4, 0.5) is 0 Å². The highest BCUT2D eigenvalue weighted by Crippen LogP contribution is 2.14. The third kappa shape index (κ3) is 3.92. The summed E-state index contributed by atoms with van der Waals surface area (Å²) in [5, 5.41) is 0. The van der Waals surface area contributed by atoms with Crippen LogP contribution in [0.15, 0.2) is 0 Å². The van der Waals surface area contributed by atoms with Gasteiger partial charge in [-0.2, -0.15) is 0 Å². The summed E-state index contributed by atoms with van der Waals surface area (Å²) in [7, 11) is -2.90. The number of piperidine rings is 1. The molecule has 1 amide bonds. The van der Waals surface area contributed by atoms with Crippen LogP contribution in [0.25, 0.3) is 0 Å². The Kier molecular flexibility index (Phi) is 4.84. The zero-order valence-corrected chi connectivity index (χ0v) is 12.5. The summed E-state index contributed by atoms with van der Waals surface area (Å²) in [5.74, 6) is 0.609. The Labute approximate surface area is 115 Å². The summed E-state index contributed by atoms with van der Waals surface area (Å²) in [6.45, 7) is 4.82. The summed E-state index contributed by atoms with van der Waals surface area (Å²) in [5.41, 5.74) is 0. The fourth-order valence-corrected chi connectivity index (χ4v) is 4.17. The summed E-state index contributed by atoms with van der Waals surface area (Å²) >= 11 is 0. The number of sulfone groups is 1. The Hall–Kier alpha value is -0.620. The molecular weight excluding hydrogens is 264 g/mol. The van der Waals surface area contributed by atoms with E-state index in [1.165, 1.54) is 6.42 Å². The molecule has 2 heterocycles. The van der Waals surface area contributed by atoms with Gasteiger partial charge in [0.05, 0.1) is 17.5 Å². The largest absolute Gasteiger partial charge is 0.341 e. The lowest BCUT2D eigenvalue weighted by molar-refractivity contribution is -0.137. The molecule has 0 bridgehead atoms. The molecule has 1 atom stereocenters. The van der Waals surface area contributed by atoms with Gasteiger partial charge in [0.1, 0.15) is 0 Å². The van der Waals surface area contributed by atoms with Crippen LogP contribution in [-0.4, -0.2) is 67.9 Å². The fraction of sp³-hybridized carbons (Fsp3) is 0.923. The number of nitrogens with zero attached hydrogens (tertiary/aromatic N) is 2. The minimum absolute atomic E-state index is 0.166. The van der Waals surface area contributed by atoms with Crippen molar-refractivity contribution in [3.8, 4) is 0 Å². The van der Waals surface area contributed by atoms with Crippen molar-refractivity contribution < 1.29 is 13.2 Å². The quantitative estimate of drug-likeness (QED) is 0.743. The van der Waals surface area contributed by atoms with Crippen LogP contribution in [0.1, 0.15) is 32.6 Å². The highest BCUT2D eigenvalue weighted by molar-refractivity contribution is 7.91. The van der Waals surface area contributed by atoms with Crippen molar-refractivity contribution in [3.63, 3.8) is 0 Å². The molecule has 0 aromatic heterocycles. The van der Waals surface area contributed by atoms with E-state index in [2.05, 4.69) is 0 Å². The maximum Gasteiger partial charge on any atom is 0.239 e. The number of hydrogen-bond donors (Lipinski definition) is 0. The fourth-order valence-electron chi connectivity index (χ4n) is 2.88. The molecule has 19 heavy (non-hydrogen) atoms. The monoisotopic (exact) mass is 288 g/mol. The van der Waals surface area contributed by atoms with Crippen LogP contribution in [0.3, 0.4) is 0 Å². The predicted molar refractivity (Wildman–Crippen MR) is 74.7 cm³/mol. The molecular formula is C13H24N2O3S. The van der Waals surface area contributed by atoms with E-state index in [-0.39, 0.29) is 23.5 Å². The van der Waals surface area contributed by atoms with Crippen LogP contribution in [0, 0.1) is 0 Å². The molecule has 2 aliphatic heterocycles. The van der Waals surface area contributed by atoms with Gasteiger partial charge in [0.25, 0.3) is 0 Å². The van der Waals surface area contributed by atoms with Crippen molar-refractivity contribution in [2.45, 2.75) is 38.6 Å². The van der Waals surface area contributed by atoms with E-state index in [0.717, 1.165) is 25.9 Å². The van der Waals surface area contributed by atoms with Gasteiger partial charge in [0.2, 0.25) is 5.91 Å². The van der Waals surface area contributed by atoms with E-state index in [1.807, 2.05) is 16.7 Å². The van der Waals surface area contributed by atoms with Crippen LogP contribution in [0.2, 0.25) is 0 Å². The van der Waals surface area contributed by atoms with Gasteiger partial charge in [-0.1, -0.05) is 0 Å². The lowest BCUT2D eigenvalue weighted by Gasteiger charge is -2.33. The van der Waals surface area contributed by atoms with E-state index in [0.29, 0.717) is 19.5 Å². The molecule has 2 aliphatic rings. The molecule has 5 nitrogen and oxygen atoms in total. The van der Waals surface area contributed by atoms with Crippen molar-refractivity contribution in [2.24, 2.45) is 0 Å². The summed E-state index contributed by atoms with van der Waals surface area (Å²) in [4.78, 5) is 16.4. The van der Waals surface area contributed by atoms with E-state index in [9.17, 15) is 13.2 Å². The molecule has 0 aromatic rings. The minimum Gasteiger partial charge on any atom is -0.341 e. The van der Waals surface area contributed by atoms with Crippen molar-refractivity contribution >= 4 is 15.7 Å². The van der Waals surface area contributed by atoms with Crippen molar-refractivity contribution in [3.05, 3.63) is 0 Å². The first-order valence-corrected chi connectivity index (χ1v) is 9.05. The smallest absolute Gasteiger partial charge is 0.239 e. The third-order valence-corrected chi connectivity index (χ3v) is 5.88. The molecule has 0 radical (unpaired) electrons. The maximum atomic E-state index is 12.4. The van der Waals surface area contributed by atoms with E-state index in [4.69, 9.17) is 0 Å². The van der Waals surface area contributed by atoms with Gasteiger partial charge < -0.3 is 4.90 Å². The highest BCUT2D eigenvalue weighted by Gasteiger charge is 2.29. The lowest BCUT2D eigenvalue weighted by Crippen LogP contribution is -2.49. The first-order chi connectivity index (χ1) is 8.99. The number of amides is 1. The second kappa shape index (κ2) is 6.22. The second-order valence-corrected chi connectivity index (χ2v) is 7.91. The molecule has 0 N–H and O–H groups in total. The van der Waals surface area contributed by atoms with E-state index in [1.54, 1.807) is 0 Å². The van der Waals surface area contributed by atoms with Gasteiger partial charge >= 0.3 is 0 Å². The Morgan fingerprint density at radius 2 is 1.63 bits per heavy atom. The minimum atomic E-state index is -2.90. The molecule has 2 rings (SSSR count). The molecule has 0 spiro atoms. The average Bonchev–Trinajstić information content (AvgIpc) is 2.59. The van der Waals surface area contributed by atoms with Gasteiger partial charge in [-0.25, -0.2) is 8.42 Å². The van der Waals surface area contributed by atoms with Crippen molar-refractivity contribution in [1.82, 2.24) is 9.80 Å². The molecule has 2 fully saturated rings. The van der Waals surface area contributed by atoms with Gasteiger partial charge in [0.15, 0.2) is 9.84 Å². The number of carbonyl (C=O) groups is 1. The zero-order chi connectivity index (χ0) is 13.9. The Bertz CT molecular complexity index is 416. The van der Waals surface area contributed by atoms with Gasteiger partial charge in [0, 0.05) is 19.6 Å². The van der Waals surface area contributed by atoms with Gasteiger partial charge in [-0.3, -0.25) is 9.69 Å². The highest BCUT2D eigenvalue weighted by atomic mass is 32.2. The molecule has 110 valence electrons. The Morgan fingerprint density at radius 3 is 2.32 bits per heavy atom. The first kappa shape index (κ1) is 14.8. The summed E-state index contributed by atoms with van der Waals surface area (Å²) in [6.07, 6.45) is 4.03. The number of likely N-dealkylation sites (tertiary alicyclic amines) is 1. The SMILES string of the molecule is CC(C(=O)N1CCCCC1)N1CCCS(=O)(=O)CC1. The normalized spacial score (nSPS) is 26.7. The number of hydrogen-bond acceptors (Lipinski definition) is 4.